The molecule has 2 aromatic carbocycles. The molecule has 1 amide bonds. The summed E-state index contributed by atoms with van der Waals surface area (Å²) in [7, 11) is 0. The van der Waals surface area contributed by atoms with Crippen LogP contribution in [0.2, 0.25) is 5.02 Å². The zero-order chi connectivity index (χ0) is 21.8. The molecular weight excluding hydrogens is 412 g/mol. The van der Waals surface area contributed by atoms with Gasteiger partial charge in [-0.05, 0) is 49.4 Å². The Morgan fingerprint density at radius 1 is 1.19 bits per heavy atom. The fourth-order valence-corrected chi connectivity index (χ4v) is 3.65. The van der Waals surface area contributed by atoms with Crippen molar-refractivity contribution in [2.75, 3.05) is 25.0 Å². The van der Waals surface area contributed by atoms with E-state index < -0.39 is 0 Å². The van der Waals surface area contributed by atoms with Gasteiger partial charge in [0.05, 0.1) is 5.69 Å². The fourth-order valence-electron chi connectivity index (χ4n) is 3.52. The van der Waals surface area contributed by atoms with E-state index in [1.807, 2.05) is 66.4 Å². The topological polar surface area (TPSA) is 96.2 Å². The highest BCUT2D eigenvalue weighted by Gasteiger charge is 2.26. The lowest BCUT2D eigenvalue weighted by Crippen LogP contribution is -2.58. The lowest BCUT2D eigenvalue weighted by atomic mass is 10.1. The minimum Gasteiger partial charge on any atom is -0.336 e. The Kier molecular flexibility index (Phi) is 6.46. The van der Waals surface area contributed by atoms with Crippen molar-refractivity contribution < 1.29 is 4.79 Å². The van der Waals surface area contributed by atoms with Crippen LogP contribution in [0, 0.1) is 0 Å². The quantitative estimate of drug-likeness (QED) is 0.568. The van der Waals surface area contributed by atoms with E-state index in [1.54, 1.807) is 6.20 Å². The van der Waals surface area contributed by atoms with Crippen molar-refractivity contribution in [3.05, 3.63) is 71.4 Å². The second-order valence-electron chi connectivity index (χ2n) is 7.65. The van der Waals surface area contributed by atoms with Gasteiger partial charge in [0, 0.05) is 59.8 Å². The third-order valence-corrected chi connectivity index (χ3v) is 5.56. The van der Waals surface area contributed by atoms with E-state index in [-0.39, 0.29) is 18.0 Å². The van der Waals surface area contributed by atoms with Gasteiger partial charge in [0.1, 0.15) is 0 Å². The minimum atomic E-state index is -0.00851. The number of benzene rings is 2. The summed E-state index contributed by atoms with van der Waals surface area (Å²) in [5.74, 6) is 0.494. The maximum absolute atomic E-state index is 12.9. The van der Waals surface area contributed by atoms with E-state index in [2.05, 4.69) is 20.6 Å². The number of piperazine rings is 1. The summed E-state index contributed by atoms with van der Waals surface area (Å²) in [5, 5.41) is 7.23. The van der Waals surface area contributed by atoms with Crippen molar-refractivity contribution in [2.24, 2.45) is 5.73 Å². The van der Waals surface area contributed by atoms with Gasteiger partial charge in [-0.3, -0.25) is 4.79 Å². The predicted molar refractivity (Wildman–Crippen MR) is 124 cm³/mol. The molecule has 0 saturated carbocycles. The van der Waals surface area contributed by atoms with Gasteiger partial charge in [0.25, 0.3) is 5.91 Å². The molecule has 0 radical (unpaired) electrons. The third kappa shape index (κ3) is 5.19. The zero-order valence-corrected chi connectivity index (χ0v) is 18.0. The molecule has 2 heterocycles. The molecule has 1 aromatic heterocycles. The molecule has 4 N–H and O–H groups in total. The number of amides is 1. The molecule has 1 aliphatic heterocycles. The number of hydrogen-bond acceptors (Lipinski definition) is 6. The van der Waals surface area contributed by atoms with E-state index in [1.165, 1.54) is 0 Å². The van der Waals surface area contributed by atoms with E-state index in [0.29, 0.717) is 29.6 Å². The monoisotopic (exact) mass is 436 g/mol. The molecule has 1 fully saturated rings. The Morgan fingerprint density at radius 2 is 1.94 bits per heavy atom. The average Bonchev–Trinajstić information content (AvgIpc) is 2.80. The number of carbonyl (C=O) groups is 1. The molecule has 2 atom stereocenters. The van der Waals surface area contributed by atoms with Crippen LogP contribution >= 0.6 is 11.6 Å². The summed E-state index contributed by atoms with van der Waals surface area (Å²) in [6, 6.07) is 16.8. The van der Waals surface area contributed by atoms with Gasteiger partial charge >= 0.3 is 0 Å². The number of halogens is 1. The molecule has 2 unspecified atom stereocenters. The molecular formula is C23H25ClN6O. The molecule has 4 rings (SSSR count). The first-order valence-electron chi connectivity index (χ1n) is 10.2. The van der Waals surface area contributed by atoms with Crippen molar-refractivity contribution in [1.29, 1.82) is 0 Å². The molecule has 31 heavy (non-hydrogen) atoms. The van der Waals surface area contributed by atoms with Crippen molar-refractivity contribution in [3.8, 4) is 11.3 Å². The zero-order valence-electron chi connectivity index (χ0n) is 17.3. The van der Waals surface area contributed by atoms with Crippen LogP contribution in [-0.4, -0.2) is 52.5 Å². The number of aromatic nitrogens is 2. The molecule has 160 valence electrons. The highest BCUT2D eigenvalue weighted by atomic mass is 35.5. The van der Waals surface area contributed by atoms with Crippen LogP contribution in [0.3, 0.4) is 0 Å². The van der Waals surface area contributed by atoms with E-state index in [0.717, 1.165) is 23.5 Å². The number of nitrogens with one attached hydrogen (secondary N) is 2. The van der Waals surface area contributed by atoms with Crippen LogP contribution in [0.5, 0.6) is 0 Å². The molecule has 1 aliphatic rings. The van der Waals surface area contributed by atoms with Gasteiger partial charge in [-0.25, -0.2) is 9.97 Å². The molecule has 0 spiro atoms. The summed E-state index contributed by atoms with van der Waals surface area (Å²) in [5.41, 5.74) is 9.19. The number of nitrogens with two attached hydrogens (primary N) is 1. The van der Waals surface area contributed by atoms with Crippen LogP contribution in [0.1, 0.15) is 17.3 Å². The lowest BCUT2D eigenvalue weighted by Gasteiger charge is -2.35. The SMILES string of the molecule is CC(N)C1CN(C(=O)c2ccc(Nc3nccc(-c4ccc(Cl)cc4)n3)cc2)CCN1. The van der Waals surface area contributed by atoms with Gasteiger partial charge in [-0.2, -0.15) is 0 Å². The third-order valence-electron chi connectivity index (χ3n) is 5.31. The van der Waals surface area contributed by atoms with Crippen LogP contribution in [0.15, 0.2) is 60.8 Å². The minimum absolute atomic E-state index is 0.00851. The summed E-state index contributed by atoms with van der Waals surface area (Å²) in [6.07, 6.45) is 1.70. The van der Waals surface area contributed by atoms with Crippen LogP contribution < -0.4 is 16.4 Å². The summed E-state index contributed by atoms with van der Waals surface area (Å²) in [6.45, 7) is 3.99. The fraction of sp³-hybridized carbons (Fsp3) is 0.261. The Hall–Kier alpha value is -3.00. The summed E-state index contributed by atoms with van der Waals surface area (Å²) in [4.78, 5) is 23.6. The van der Waals surface area contributed by atoms with Gasteiger partial charge in [-0.15, -0.1) is 0 Å². The second kappa shape index (κ2) is 9.43. The summed E-state index contributed by atoms with van der Waals surface area (Å²) < 4.78 is 0. The molecule has 1 saturated heterocycles. The van der Waals surface area contributed by atoms with Gasteiger partial charge in [-0.1, -0.05) is 23.7 Å². The number of nitrogens with zero attached hydrogens (tertiary/aromatic N) is 3. The maximum Gasteiger partial charge on any atom is 0.253 e. The van der Waals surface area contributed by atoms with E-state index in [4.69, 9.17) is 17.3 Å². The smallest absolute Gasteiger partial charge is 0.253 e. The first kappa shape index (κ1) is 21.2. The van der Waals surface area contributed by atoms with E-state index in [9.17, 15) is 4.79 Å². The number of hydrogen-bond donors (Lipinski definition) is 3. The Morgan fingerprint density at radius 3 is 2.65 bits per heavy atom. The Labute approximate surface area is 186 Å². The van der Waals surface area contributed by atoms with E-state index >= 15 is 0 Å². The first-order valence-corrected chi connectivity index (χ1v) is 10.6. The number of anilines is 2. The standard InChI is InChI=1S/C23H25ClN6O/c1-15(25)21-14-30(13-12-26-21)22(31)17-4-8-19(9-5-17)28-23-27-11-10-20(29-23)16-2-6-18(24)7-3-16/h2-11,15,21,26H,12-14,25H2,1H3,(H,27,28,29). The van der Waals surface area contributed by atoms with Crippen LogP contribution in [0.25, 0.3) is 11.3 Å². The Balaban J connectivity index is 1.43. The Bertz CT molecular complexity index is 1040. The molecule has 3 aromatic rings. The largest absolute Gasteiger partial charge is 0.336 e. The summed E-state index contributed by atoms with van der Waals surface area (Å²) >= 11 is 5.96. The normalized spacial score (nSPS) is 17.3. The highest BCUT2D eigenvalue weighted by molar-refractivity contribution is 6.30. The van der Waals surface area contributed by atoms with Crippen LogP contribution in [-0.2, 0) is 0 Å². The van der Waals surface area contributed by atoms with Crippen molar-refractivity contribution in [3.63, 3.8) is 0 Å². The molecule has 8 heteroatoms. The van der Waals surface area contributed by atoms with Crippen LogP contribution in [0.4, 0.5) is 11.6 Å². The van der Waals surface area contributed by atoms with Gasteiger partial charge in [0.15, 0.2) is 0 Å². The highest BCUT2D eigenvalue weighted by Crippen LogP contribution is 2.22. The molecule has 7 nitrogen and oxygen atoms in total. The van der Waals surface area contributed by atoms with Crippen molar-refractivity contribution in [2.45, 2.75) is 19.0 Å². The van der Waals surface area contributed by atoms with Crippen molar-refractivity contribution in [1.82, 2.24) is 20.2 Å². The lowest BCUT2D eigenvalue weighted by molar-refractivity contribution is 0.0695. The number of carbonyl (C=O) groups excluding carboxylic acids is 1. The maximum atomic E-state index is 12.9. The van der Waals surface area contributed by atoms with Crippen molar-refractivity contribution >= 4 is 29.1 Å². The van der Waals surface area contributed by atoms with Gasteiger partial charge in [0.2, 0.25) is 5.95 Å². The predicted octanol–water partition coefficient (Wildman–Crippen LogP) is 3.30. The first-order chi connectivity index (χ1) is 15.0. The number of rotatable bonds is 5. The van der Waals surface area contributed by atoms with Gasteiger partial charge < -0.3 is 21.3 Å². The molecule has 0 bridgehead atoms. The average molecular weight is 437 g/mol. The second-order valence-corrected chi connectivity index (χ2v) is 8.08. The molecule has 0 aliphatic carbocycles.